The van der Waals surface area contributed by atoms with Crippen LogP contribution in [0, 0.1) is 10.1 Å². The lowest BCUT2D eigenvalue weighted by Gasteiger charge is -2.12. The maximum atomic E-state index is 11.0. The smallest absolute Gasteiger partial charge is 0.277 e. The van der Waals surface area contributed by atoms with Crippen molar-refractivity contribution in [2.75, 3.05) is 18.1 Å². The summed E-state index contributed by atoms with van der Waals surface area (Å²) in [5.74, 6) is 0. The van der Waals surface area contributed by atoms with Gasteiger partial charge in [-0.05, 0) is 24.8 Å². The van der Waals surface area contributed by atoms with Crippen LogP contribution in [0.1, 0.15) is 13.3 Å². The highest BCUT2D eigenvalue weighted by Gasteiger charge is 2.14. The molecule has 20 heavy (non-hydrogen) atoms. The van der Waals surface area contributed by atoms with E-state index in [0.717, 1.165) is 24.0 Å². The highest BCUT2D eigenvalue weighted by molar-refractivity contribution is 7.99. The first kappa shape index (κ1) is 14.6. The van der Waals surface area contributed by atoms with Crippen molar-refractivity contribution in [3.05, 3.63) is 40.7 Å². The highest BCUT2D eigenvalue weighted by Crippen LogP contribution is 2.30. The second-order valence-corrected chi connectivity index (χ2v) is 5.85. The largest absolute Gasteiger partial charge is 0.384 e. The number of hydrogen-bond donors (Lipinski definition) is 1. The number of nitro benzene ring substituents is 1. The Morgan fingerprint density at radius 1 is 1.40 bits per heavy atom. The van der Waals surface area contributed by atoms with Crippen molar-refractivity contribution in [3.63, 3.8) is 0 Å². The van der Waals surface area contributed by atoms with E-state index in [1.165, 1.54) is 0 Å². The van der Waals surface area contributed by atoms with Gasteiger partial charge in [0.2, 0.25) is 0 Å². The molecule has 1 N–H and O–H groups in total. The molecule has 1 aromatic heterocycles. The van der Waals surface area contributed by atoms with Crippen molar-refractivity contribution in [2.45, 2.75) is 18.6 Å². The number of fused-ring (bicyclic) bond motifs is 1. The lowest BCUT2D eigenvalue weighted by atomic mass is 10.1. The quantitative estimate of drug-likeness (QED) is 0.649. The maximum Gasteiger partial charge on any atom is 0.277 e. The summed E-state index contributed by atoms with van der Waals surface area (Å²) in [5, 5.41) is 16.4. The van der Waals surface area contributed by atoms with Crippen LogP contribution in [-0.4, -0.2) is 28.0 Å². The van der Waals surface area contributed by atoms with Gasteiger partial charge in [0.05, 0.1) is 10.3 Å². The Kier molecular flexibility index (Phi) is 4.79. The molecule has 0 spiro atoms. The summed E-state index contributed by atoms with van der Waals surface area (Å²) in [5.41, 5.74) is 1.01. The minimum atomic E-state index is -0.359. The number of aromatic nitrogens is 1. The first-order chi connectivity index (χ1) is 9.63. The molecule has 1 heterocycles. The SMILES string of the molecule is CSC(C)CCNc1ccc([N+](=O)[O-])c2ccncc12. The lowest BCUT2D eigenvalue weighted by Crippen LogP contribution is -2.08. The molecule has 0 fully saturated rings. The molecule has 5 nitrogen and oxygen atoms in total. The molecule has 0 aliphatic carbocycles. The molecule has 0 radical (unpaired) electrons. The number of thioether (sulfide) groups is 1. The van der Waals surface area contributed by atoms with Crippen molar-refractivity contribution in [1.29, 1.82) is 0 Å². The molecule has 0 aliphatic heterocycles. The predicted molar refractivity (Wildman–Crippen MR) is 84.5 cm³/mol. The summed E-state index contributed by atoms with van der Waals surface area (Å²) in [6.45, 7) is 3.02. The molecule has 0 aliphatic rings. The molecule has 0 amide bonds. The van der Waals surface area contributed by atoms with Crippen LogP contribution in [0.2, 0.25) is 0 Å². The standard InChI is InChI=1S/C14H17N3O2S/c1-10(20-2)5-8-16-13-3-4-14(17(18)19)11-6-7-15-9-12(11)13/h3-4,6-7,9-10,16H,5,8H2,1-2H3. The van der Waals surface area contributed by atoms with Crippen molar-refractivity contribution < 1.29 is 4.92 Å². The molecule has 1 unspecified atom stereocenters. The molecular weight excluding hydrogens is 274 g/mol. The number of hydrogen-bond acceptors (Lipinski definition) is 5. The van der Waals surface area contributed by atoms with E-state index >= 15 is 0 Å². The second-order valence-electron chi connectivity index (χ2n) is 4.57. The van der Waals surface area contributed by atoms with E-state index in [4.69, 9.17) is 0 Å². The Morgan fingerprint density at radius 3 is 2.90 bits per heavy atom. The Morgan fingerprint density at radius 2 is 2.20 bits per heavy atom. The van der Waals surface area contributed by atoms with Gasteiger partial charge in [-0.25, -0.2) is 0 Å². The zero-order valence-corrected chi connectivity index (χ0v) is 12.3. The van der Waals surface area contributed by atoms with Crippen LogP contribution >= 0.6 is 11.8 Å². The molecule has 1 aromatic carbocycles. The fourth-order valence-corrected chi connectivity index (χ4v) is 2.37. The van der Waals surface area contributed by atoms with E-state index < -0.39 is 0 Å². The average molecular weight is 291 g/mol. The van der Waals surface area contributed by atoms with Crippen LogP contribution < -0.4 is 5.32 Å². The lowest BCUT2D eigenvalue weighted by molar-refractivity contribution is -0.383. The van der Waals surface area contributed by atoms with Crippen molar-refractivity contribution in [3.8, 4) is 0 Å². The second kappa shape index (κ2) is 6.56. The number of nitrogens with zero attached hydrogens (tertiary/aromatic N) is 2. The van der Waals surface area contributed by atoms with Gasteiger partial charge < -0.3 is 5.32 Å². The minimum Gasteiger partial charge on any atom is -0.384 e. The van der Waals surface area contributed by atoms with Gasteiger partial charge in [-0.3, -0.25) is 15.1 Å². The molecule has 1 atom stereocenters. The van der Waals surface area contributed by atoms with Gasteiger partial charge in [-0.1, -0.05) is 6.92 Å². The topological polar surface area (TPSA) is 68.1 Å². The van der Waals surface area contributed by atoms with Gasteiger partial charge in [0, 0.05) is 41.3 Å². The fraction of sp³-hybridized carbons (Fsp3) is 0.357. The Hall–Kier alpha value is -1.82. The molecule has 0 bridgehead atoms. The normalized spacial score (nSPS) is 12.3. The van der Waals surface area contributed by atoms with E-state index in [9.17, 15) is 10.1 Å². The summed E-state index contributed by atoms with van der Waals surface area (Å²) in [6.07, 6.45) is 6.38. The average Bonchev–Trinajstić information content (AvgIpc) is 2.46. The number of rotatable bonds is 6. The summed E-state index contributed by atoms with van der Waals surface area (Å²) in [6, 6.07) is 4.98. The number of non-ortho nitro benzene ring substituents is 1. The van der Waals surface area contributed by atoms with Crippen molar-refractivity contribution in [2.24, 2.45) is 0 Å². The Balaban J connectivity index is 2.27. The molecule has 0 saturated heterocycles. The zero-order chi connectivity index (χ0) is 14.5. The van der Waals surface area contributed by atoms with Crippen LogP contribution in [0.3, 0.4) is 0 Å². The first-order valence-corrected chi connectivity index (χ1v) is 7.70. The van der Waals surface area contributed by atoms with Gasteiger partial charge in [0.1, 0.15) is 0 Å². The minimum absolute atomic E-state index is 0.116. The van der Waals surface area contributed by atoms with Gasteiger partial charge in [-0.15, -0.1) is 0 Å². The van der Waals surface area contributed by atoms with Gasteiger partial charge >= 0.3 is 0 Å². The third-order valence-electron chi connectivity index (χ3n) is 3.26. The molecule has 6 heteroatoms. The van der Waals surface area contributed by atoms with Gasteiger partial charge in [0.15, 0.2) is 0 Å². The Labute approximate surface area is 121 Å². The number of nitro groups is 1. The van der Waals surface area contributed by atoms with Gasteiger partial charge in [0.25, 0.3) is 5.69 Å². The molecule has 106 valence electrons. The zero-order valence-electron chi connectivity index (χ0n) is 11.5. The van der Waals surface area contributed by atoms with E-state index in [-0.39, 0.29) is 10.6 Å². The maximum absolute atomic E-state index is 11.0. The van der Waals surface area contributed by atoms with Crippen LogP contribution in [0.25, 0.3) is 10.8 Å². The molecule has 2 rings (SSSR count). The van der Waals surface area contributed by atoms with Crippen LogP contribution in [0.5, 0.6) is 0 Å². The van der Waals surface area contributed by atoms with Crippen molar-refractivity contribution in [1.82, 2.24) is 4.98 Å². The van der Waals surface area contributed by atoms with Gasteiger partial charge in [-0.2, -0.15) is 11.8 Å². The van der Waals surface area contributed by atoms with E-state index in [2.05, 4.69) is 23.5 Å². The predicted octanol–water partition coefficient (Wildman–Crippen LogP) is 3.70. The van der Waals surface area contributed by atoms with Crippen LogP contribution in [0.15, 0.2) is 30.6 Å². The number of nitrogens with one attached hydrogen (secondary N) is 1. The molecule has 0 saturated carbocycles. The third-order valence-corrected chi connectivity index (χ3v) is 4.30. The highest BCUT2D eigenvalue weighted by atomic mass is 32.2. The van der Waals surface area contributed by atoms with Crippen LogP contribution in [0.4, 0.5) is 11.4 Å². The monoisotopic (exact) mass is 291 g/mol. The summed E-state index contributed by atoms with van der Waals surface area (Å²) in [4.78, 5) is 14.7. The number of anilines is 1. The summed E-state index contributed by atoms with van der Waals surface area (Å²) < 4.78 is 0. The van der Waals surface area contributed by atoms with Crippen LogP contribution in [-0.2, 0) is 0 Å². The van der Waals surface area contributed by atoms with E-state index in [1.807, 2.05) is 11.8 Å². The number of benzene rings is 1. The number of pyridine rings is 1. The Bertz CT molecular complexity index is 618. The van der Waals surface area contributed by atoms with Crippen molar-refractivity contribution >= 4 is 33.9 Å². The molecular formula is C14H17N3O2S. The first-order valence-electron chi connectivity index (χ1n) is 6.41. The summed E-state index contributed by atoms with van der Waals surface area (Å²) in [7, 11) is 0. The molecule has 2 aromatic rings. The van der Waals surface area contributed by atoms with E-state index in [1.54, 1.807) is 30.6 Å². The third kappa shape index (κ3) is 3.19. The summed E-state index contributed by atoms with van der Waals surface area (Å²) >= 11 is 1.83. The fourth-order valence-electron chi connectivity index (χ4n) is 2.02. The van der Waals surface area contributed by atoms with E-state index in [0.29, 0.717) is 10.6 Å².